The van der Waals surface area contributed by atoms with Crippen molar-refractivity contribution < 1.29 is 22.7 Å². The molecule has 0 radical (unpaired) electrons. The molecule has 0 aromatic carbocycles. The first-order chi connectivity index (χ1) is 6.34. The van der Waals surface area contributed by atoms with Gasteiger partial charge in [0.1, 0.15) is 0 Å². The van der Waals surface area contributed by atoms with Gasteiger partial charge in [0.05, 0.1) is 6.61 Å². The Morgan fingerprint density at radius 2 is 2.00 bits per heavy atom. The standard InChI is InChI=1S/C8H12F3NO2/c1-2-14-6(13)7(12,5-3-4-5)8(9,10)11/h5H,2-4,12H2,1H3. The maximum atomic E-state index is 12.5. The summed E-state index contributed by atoms with van der Waals surface area (Å²) in [6, 6.07) is 0. The summed E-state index contributed by atoms with van der Waals surface area (Å²) in [5.41, 5.74) is 2.31. The van der Waals surface area contributed by atoms with Crippen molar-refractivity contribution in [2.24, 2.45) is 11.7 Å². The van der Waals surface area contributed by atoms with E-state index in [-0.39, 0.29) is 6.61 Å². The number of halogens is 3. The molecule has 0 aromatic heterocycles. The van der Waals surface area contributed by atoms with Crippen molar-refractivity contribution in [3.05, 3.63) is 0 Å². The van der Waals surface area contributed by atoms with E-state index < -0.39 is 23.6 Å². The van der Waals surface area contributed by atoms with E-state index in [1.165, 1.54) is 6.92 Å². The molecule has 1 rings (SSSR count). The lowest BCUT2D eigenvalue weighted by Gasteiger charge is -2.29. The molecule has 6 heteroatoms. The van der Waals surface area contributed by atoms with Gasteiger partial charge < -0.3 is 10.5 Å². The maximum absolute atomic E-state index is 12.5. The average molecular weight is 211 g/mol. The highest BCUT2D eigenvalue weighted by molar-refractivity contribution is 5.82. The van der Waals surface area contributed by atoms with Gasteiger partial charge in [-0.2, -0.15) is 13.2 Å². The Balaban J connectivity index is 2.86. The normalized spacial score (nSPS) is 21.5. The second-order valence-corrected chi connectivity index (χ2v) is 3.36. The minimum Gasteiger partial charge on any atom is -0.464 e. The van der Waals surface area contributed by atoms with Crippen LogP contribution in [0.25, 0.3) is 0 Å². The summed E-state index contributed by atoms with van der Waals surface area (Å²) in [6.45, 7) is 1.35. The summed E-state index contributed by atoms with van der Waals surface area (Å²) in [5, 5.41) is 0. The predicted octanol–water partition coefficient (Wildman–Crippen LogP) is 1.22. The third kappa shape index (κ3) is 1.70. The molecule has 1 aliphatic rings. The first kappa shape index (κ1) is 11.3. The van der Waals surface area contributed by atoms with Crippen molar-refractivity contribution in [3.63, 3.8) is 0 Å². The molecule has 2 N–H and O–H groups in total. The Morgan fingerprint density at radius 1 is 1.50 bits per heavy atom. The van der Waals surface area contributed by atoms with Gasteiger partial charge in [-0.05, 0) is 25.7 Å². The number of esters is 1. The summed E-state index contributed by atoms with van der Waals surface area (Å²) >= 11 is 0. The molecular weight excluding hydrogens is 199 g/mol. The molecule has 14 heavy (non-hydrogen) atoms. The van der Waals surface area contributed by atoms with E-state index in [1.54, 1.807) is 0 Å². The predicted molar refractivity (Wildman–Crippen MR) is 42.3 cm³/mol. The topological polar surface area (TPSA) is 52.3 Å². The van der Waals surface area contributed by atoms with Crippen LogP contribution in [-0.4, -0.2) is 24.3 Å². The van der Waals surface area contributed by atoms with Crippen LogP contribution in [0.15, 0.2) is 0 Å². The van der Waals surface area contributed by atoms with Gasteiger partial charge in [-0.25, -0.2) is 4.79 Å². The number of alkyl halides is 3. The molecule has 1 saturated carbocycles. The van der Waals surface area contributed by atoms with Gasteiger partial charge in [0.25, 0.3) is 0 Å². The molecule has 0 aromatic rings. The second-order valence-electron chi connectivity index (χ2n) is 3.36. The van der Waals surface area contributed by atoms with Gasteiger partial charge in [0.2, 0.25) is 5.54 Å². The summed E-state index contributed by atoms with van der Waals surface area (Å²) in [4.78, 5) is 11.1. The highest BCUT2D eigenvalue weighted by Gasteiger charge is 2.66. The molecule has 0 saturated heterocycles. The fourth-order valence-corrected chi connectivity index (χ4v) is 1.30. The summed E-state index contributed by atoms with van der Waals surface area (Å²) < 4.78 is 42.0. The third-order valence-corrected chi connectivity index (χ3v) is 2.30. The number of ether oxygens (including phenoxy) is 1. The fraction of sp³-hybridized carbons (Fsp3) is 0.875. The quantitative estimate of drug-likeness (QED) is 0.714. The van der Waals surface area contributed by atoms with Crippen molar-refractivity contribution in [3.8, 4) is 0 Å². The van der Waals surface area contributed by atoms with Crippen molar-refractivity contribution in [1.82, 2.24) is 0 Å². The molecule has 0 amide bonds. The number of carbonyl (C=O) groups excluding carboxylic acids is 1. The Bertz CT molecular complexity index is 237. The Kier molecular flexibility index (Phi) is 2.76. The van der Waals surface area contributed by atoms with E-state index in [4.69, 9.17) is 5.73 Å². The maximum Gasteiger partial charge on any atom is 0.417 e. The van der Waals surface area contributed by atoms with Gasteiger partial charge >= 0.3 is 12.1 Å². The molecule has 1 atom stereocenters. The number of rotatable bonds is 3. The van der Waals surface area contributed by atoms with E-state index in [1.807, 2.05) is 0 Å². The smallest absolute Gasteiger partial charge is 0.417 e. The largest absolute Gasteiger partial charge is 0.464 e. The van der Waals surface area contributed by atoms with E-state index in [0.717, 1.165) is 0 Å². The van der Waals surface area contributed by atoms with Crippen molar-refractivity contribution in [2.45, 2.75) is 31.5 Å². The van der Waals surface area contributed by atoms with Crippen molar-refractivity contribution in [1.29, 1.82) is 0 Å². The van der Waals surface area contributed by atoms with Gasteiger partial charge in [-0.15, -0.1) is 0 Å². The lowest BCUT2D eigenvalue weighted by Crippen LogP contribution is -2.62. The zero-order valence-corrected chi connectivity index (χ0v) is 7.73. The monoisotopic (exact) mass is 211 g/mol. The number of hydrogen-bond acceptors (Lipinski definition) is 3. The summed E-state index contributed by atoms with van der Waals surface area (Å²) in [6.07, 6.45) is -4.08. The Morgan fingerprint density at radius 3 is 2.29 bits per heavy atom. The van der Waals surface area contributed by atoms with Gasteiger partial charge in [-0.3, -0.25) is 0 Å². The van der Waals surface area contributed by atoms with E-state index in [2.05, 4.69) is 4.74 Å². The molecule has 82 valence electrons. The first-order valence-electron chi connectivity index (χ1n) is 4.36. The van der Waals surface area contributed by atoms with E-state index in [9.17, 15) is 18.0 Å². The fourth-order valence-electron chi connectivity index (χ4n) is 1.30. The van der Waals surface area contributed by atoms with Gasteiger partial charge in [0.15, 0.2) is 0 Å². The Labute approximate surface area is 79.4 Å². The van der Waals surface area contributed by atoms with Crippen LogP contribution < -0.4 is 5.73 Å². The van der Waals surface area contributed by atoms with Crippen LogP contribution in [0, 0.1) is 5.92 Å². The lowest BCUT2D eigenvalue weighted by atomic mass is 9.94. The number of hydrogen-bond donors (Lipinski definition) is 1. The van der Waals surface area contributed by atoms with Crippen LogP contribution in [0.2, 0.25) is 0 Å². The van der Waals surface area contributed by atoms with Crippen LogP contribution in [0.5, 0.6) is 0 Å². The van der Waals surface area contributed by atoms with Gasteiger partial charge in [-0.1, -0.05) is 0 Å². The molecule has 0 aliphatic heterocycles. The minimum atomic E-state index is -4.74. The molecule has 1 unspecified atom stereocenters. The molecule has 0 heterocycles. The number of carbonyl (C=O) groups is 1. The summed E-state index contributed by atoms with van der Waals surface area (Å²) in [5.74, 6) is -2.18. The van der Waals surface area contributed by atoms with Crippen molar-refractivity contribution in [2.75, 3.05) is 6.61 Å². The van der Waals surface area contributed by atoms with E-state index >= 15 is 0 Å². The molecular formula is C8H12F3NO2. The van der Waals surface area contributed by atoms with Crippen LogP contribution in [0.3, 0.4) is 0 Å². The zero-order valence-electron chi connectivity index (χ0n) is 7.73. The van der Waals surface area contributed by atoms with E-state index in [0.29, 0.717) is 12.8 Å². The first-order valence-corrected chi connectivity index (χ1v) is 4.36. The van der Waals surface area contributed by atoms with Crippen LogP contribution in [-0.2, 0) is 9.53 Å². The lowest BCUT2D eigenvalue weighted by molar-refractivity contribution is -0.210. The van der Waals surface area contributed by atoms with Crippen LogP contribution in [0.1, 0.15) is 19.8 Å². The molecule has 1 fully saturated rings. The highest BCUT2D eigenvalue weighted by atomic mass is 19.4. The highest BCUT2D eigenvalue weighted by Crippen LogP contribution is 2.47. The van der Waals surface area contributed by atoms with Gasteiger partial charge in [0, 0.05) is 0 Å². The second kappa shape index (κ2) is 3.42. The Hall–Kier alpha value is -0.780. The zero-order chi connectivity index (χ0) is 11.0. The minimum absolute atomic E-state index is 0.0966. The summed E-state index contributed by atoms with van der Waals surface area (Å²) in [7, 11) is 0. The molecule has 0 bridgehead atoms. The molecule has 0 spiro atoms. The SMILES string of the molecule is CCOC(=O)C(N)(C1CC1)C(F)(F)F. The average Bonchev–Trinajstić information content (AvgIpc) is 2.83. The molecule has 1 aliphatic carbocycles. The third-order valence-electron chi connectivity index (χ3n) is 2.30. The number of nitrogens with two attached hydrogens (primary N) is 1. The van der Waals surface area contributed by atoms with Crippen molar-refractivity contribution >= 4 is 5.97 Å². The molecule has 3 nitrogen and oxygen atoms in total. The van der Waals surface area contributed by atoms with Crippen LogP contribution >= 0.6 is 0 Å². The van der Waals surface area contributed by atoms with Crippen LogP contribution in [0.4, 0.5) is 13.2 Å².